The normalized spacial score (nSPS) is 13.4. The molecule has 0 bridgehead atoms. The number of aliphatic hydroxyl groups is 1. The minimum absolute atomic E-state index is 0.0411. The predicted octanol–water partition coefficient (Wildman–Crippen LogP) is 1.89. The summed E-state index contributed by atoms with van der Waals surface area (Å²) in [6.07, 6.45) is 0.620. The first-order valence-corrected chi connectivity index (χ1v) is 5.07. The van der Waals surface area contributed by atoms with Crippen LogP contribution in [0.1, 0.15) is 18.0 Å². The van der Waals surface area contributed by atoms with Gasteiger partial charge < -0.3 is 10.8 Å². The summed E-state index contributed by atoms with van der Waals surface area (Å²) in [7, 11) is 0. The molecular formula is C7H10BrNOS. The fourth-order valence-corrected chi connectivity index (χ4v) is 2.51. The molecule has 62 valence electrons. The smallest absolute Gasteiger partial charge is 0.0449 e. The first-order valence-electron chi connectivity index (χ1n) is 3.33. The lowest BCUT2D eigenvalue weighted by Crippen LogP contribution is -2.11. The summed E-state index contributed by atoms with van der Waals surface area (Å²) < 4.78 is 1.04. The second kappa shape index (κ2) is 4.21. The van der Waals surface area contributed by atoms with Gasteiger partial charge in [-0.15, -0.1) is 0 Å². The van der Waals surface area contributed by atoms with Gasteiger partial charge >= 0.3 is 0 Å². The van der Waals surface area contributed by atoms with Crippen molar-refractivity contribution in [3.63, 3.8) is 0 Å². The Labute approximate surface area is 78.2 Å². The lowest BCUT2D eigenvalue weighted by Gasteiger charge is -2.07. The Morgan fingerprint density at radius 2 is 2.36 bits per heavy atom. The van der Waals surface area contributed by atoms with Gasteiger partial charge in [-0.2, -0.15) is 11.3 Å². The fourth-order valence-electron chi connectivity index (χ4n) is 0.850. The summed E-state index contributed by atoms with van der Waals surface area (Å²) in [5, 5.41) is 12.6. The Kier molecular flexibility index (Phi) is 3.51. The lowest BCUT2D eigenvalue weighted by molar-refractivity contribution is 0.276. The van der Waals surface area contributed by atoms with E-state index in [0.717, 1.165) is 10.0 Å². The van der Waals surface area contributed by atoms with E-state index in [-0.39, 0.29) is 12.6 Å². The van der Waals surface area contributed by atoms with Crippen molar-refractivity contribution in [2.24, 2.45) is 5.73 Å². The van der Waals surface area contributed by atoms with E-state index in [0.29, 0.717) is 6.42 Å². The van der Waals surface area contributed by atoms with Gasteiger partial charge in [0, 0.05) is 22.5 Å². The van der Waals surface area contributed by atoms with E-state index in [2.05, 4.69) is 15.9 Å². The molecule has 0 saturated heterocycles. The van der Waals surface area contributed by atoms with Crippen LogP contribution in [-0.4, -0.2) is 11.7 Å². The largest absolute Gasteiger partial charge is 0.396 e. The van der Waals surface area contributed by atoms with Crippen molar-refractivity contribution in [2.75, 3.05) is 6.61 Å². The second-order valence-corrected chi connectivity index (χ2v) is 3.89. The summed E-state index contributed by atoms with van der Waals surface area (Å²) in [5.41, 5.74) is 6.85. The predicted molar refractivity (Wildman–Crippen MR) is 50.7 cm³/mol. The third kappa shape index (κ3) is 2.27. The van der Waals surface area contributed by atoms with E-state index >= 15 is 0 Å². The monoisotopic (exact) mass is 235 g/mol. The average molecular weight is 236 g/mol. The maximum absolute atomic E-state index is 8.63. The van der Waals surface area contributed by atoms with Gasteiger partial charge in [-0.05, 0) is 33.3 Å². The standard InChI is InChI=1S/C7H10BrNOS/c8-6-4-11-3-5(6)7(9)1-2-10/h3-4,7,10H,1-2,9H2/t7-/m1/s1. The highest BCUT2D eigenvalue weighted by atomic mass is 79.9. The van der Waals surface area contributed by atoms with E-state index in [1.807, 2.05) is 10.8 Å². The maximum atomic E-state index is 8.63. The molecule has 0 aliphatic heterocycles. The van der Waals surface area contributed by atoms with Crippen LogP contribution in [0.2, 0.25) is 0 Å². The Morgan fingerprint density at radius 1 is 1.64 bits per heavy atom. The molecule has 11 heavy (non-hydrogen) atoms. The highest BCUT2D eigenvalue weighted by Gasteiger charge is 2.09. The molecule has 1 aromatic rings. The summed E-state index contributed by atoms with van der Waals surface area (Å²) in [6.45, 7) is 0.142. The number of hydrogen-bond donors (Lipinski definition) is 2. The van der Waals surface area contributed by atoms with Gasteiger partial charge in [-0.1, -0.05) is 0 Å². The van der Waals surface area contributed by atoms with Crippen LogP contribution in [0.25, 0.3) is 0 Å². The van der Waals surface area contributed by atoms with Crippen LogP contribution in [0.3, 0.4) is 0 Å². The zero-order valence-electron chi connectivity index (χ0n) is 5.96. The molecule has 2 nitrogen and oxygen atoms in total. The molecule has 0 amide bonds. The number of nitrogens with two attached hydrogens (primary N) is 1. The Morgan fingerprint density at radius 3 is 2.82 bits per heavy atom. The molecule has 0 aliphatic carbocycles. The topological polar surface area (TPSA) is 46.2 Å². The van der Waals surface area contributed by atoms with Crippen LogP contribution < -0.4 is 5.73 Å². The maximum Gasteiger partial charge on any atom is 0.0449 e. The van der Waals surface area contributed by atoms with Gasteiger partial charge in [0.15, 0.2) is 0 Å². The molecule has 0 radical (unpaired) electrons. The first kappa shape index (κ1) is 9.19. The first-order chi connectivity index (χ1) is 5.25. The van der Waals surface area contributed by atoms with Crippen LogP contribution in [0.15, 0.2) is 15.2 Å². The molecule has 0 spiro atoms. The minimum Gasteiger partial charge on any atom is -0.396 e. The molecule has 0 saturated carbocycles. The molecule has 4 heteroatoms. The summed E-state index contributed by atoms with van der Waals surface area (Å²) >= 11 is 5.00. The molecule has 1 atom stereocenters. The van der Waals surface area contributed by atoms with Crippen LogP contribution >= 0.6 is 27.3 Å². The zero-order valence-corrected chi connectivity index (χ0v) is 8.36. The van der Waals surface area contributed by atoms with E-state index in [1.54, 1.807) is 11.3 Å². The molecule has 0 fully saturated rings. The third-order valence-electron chi connectivity index (χ3n) is 1.48. The molecule has 0 unspecified atom stereocenters. The van der Waals surface area contributed by atoms with E-state index in [1.165, 1.54) is 0 Å². The Hall–Kier alpha value is 0.100. The van der Waals surface area contributed by atoms with Gasteiger partial charge in [0.05, 0.1) is 0 Å². The van der Waals surface area contributed by atoms with Crippen molar-refractivity contribution in [3.8, 4) is 0 Å². The average Bonchev–Trinajstić information content (AvgIpc) is 2.36. The summed E-state index contributed by atoms with van der Waals surface area (Å²) in [5.74, 6) is 0. The number of aliphatic hydroxyl groups excluding tert-OH is 1. The molecule has 1 heterocycles. The molecule has 0 aliphatic rings. The number of rotatable bonds is 3. The Bertz CT molecular complexity index is 226. The molecule has 1 rings (SSSR count). The Balaban J connectivity index is 2.67. The van der Waals surface area contributed by atoms with Gasteiger partial charge in [0.2, 0.25) is 0 Å². The SMILES string of the molecule is N[C@H](CCO)c1cscc1Br. The van der Waals surface area contributed by atoms with Crippen molar-refractivity contribution in [2.45, 2.75) is 12.5 Å². The van der Waals surface area contributed by atoms with E-state index in [9.17, 15) is 0 Å². The molecule has 0 aromatic carbocycles. The summed E-state index contributed by atoms with van der Waals surface area (Å²) in [4.78, 5) is 0. The van der Waals surface area contributed by atoms with Crippen molar-refractivity contribution in [3.05, 3.63) is 20.8 Å². The number of hydrogen-bond acceptors (Lipinski definition) is 3. The fraction of sp³-hybridized carbons (Fsp3) is 0.429. The van der Waals surface area contributed by atoms with Gasteiger partial charge in [-0.25, -0.2) is 0 Å². The van der Waals surface area contributed by atoms with Gasteiger partial charge in [-0.3, -0.25) is 0 Å². The number of thiophene rings is 1. The quantitative estimate of drug-likeness (QED) is 0.841. The van der Waals surface area contributed by atoms with Crippen molar-refractivity contribution in [1.29, 1.82) is 0 Å². The highest BCUT2D eigenvalue weighted by molar-refractivity contribution is 9.10. The molecule has 3 N–H and O–H groups in total. The molecular weight excluding hydrogens is 226 g/mol. The minimum atomic E-state index is -0.0411. The summed E-state index contributed by atoms with van der Waals surface area (Å²) in [6, 6.07) is -0.0411. The van der Waals surface area contributed by atoms with Crippen LogP contribution in [0.5, 0.6) is 0 Å². The van der Waals surface area contributed by atoms with E-state index in [4.69, 9.17) is 10.8 Å². The van der Waals surface area contributed by atoms with Crippen molar-refractivity contribution >= 4 is 27.3 Å². The number of halogens is 1. The van der Waals surface area contributed by atoms with E-state index < -0.39 is 0 Å². The van der Waals surface area contributed by atoms with Crippen LogP contribution in [0.4, 0.5) is 0 Å². The zero-order chi connectivity index (χ0) is 8.27. The molecule has 1 aromatic heterocycles. The van der Waals surface area contributed by atoms with Crippen molar-refractivity contribution in [1.82, 2.24) is 0 Å². The lowest BCUT2D eigenvalue weighted by atomic mass is 10.1. The third-order valence-corrected chi connectivity index (χ3v) is 3.23. The van der Waals surface area contributed by atoms with Crippen molar-refractivity contribution < 1.29 is 5.11 Å². The van der Waals surface area contributed by atoms with Gasteiger partial charge in [0.1, 0.15) is 0 Å². The van der Waals surface area contributed by atoms with Crippen LogP contribution in [0, 0.1) is 0 Å². The van der Waals surface area contributed by atoms with Gasteiger partial charge in [0.25, 0.3) is 0 Å². The second-order valence-electron chi connectivity index (χ2n) is 2.29. The van der Waals surface area contributed by atoms with Crippen LogP contribution in [-0.2, 0) is 0 Å². The highest BCUT2D eigenvalue weighted by Crippen LogP contribution is 2.27.